The van der Waals surface area contributed by atoms with Crippen LogP contribution >= 0.6 is 0 Å². The Hall–Kier alpha value is -4.72. The number of aliphatic hydroxyl groups excluding tert-OH is 3. The maximum atomic E-state index is 12.4. The van der Waals surface area contributed by atoms with Crippen molar-refractivity contribution in [3.8, 4) is 35.6 Å². The zero-order valence-electron chi connectivity index (χ0n) is 43.5. The number of amides is 2. The highest BCUT2D eigenvalue weighted by molar-refractivity contribution is 6.83. The first-order valence-electron chi connectivity index (χ1n) is 22.3. The van der Waals surface area contributed by atoms with Crippen molar-refractivity contribution < 1.29 is 58.3 Å². The van der Waals surface area contributed by atoms with Crippen molar-refractivity contribution >= 4 is 43.6 Å². The molecule has 0 spiro atoms. The van der Waals surface area contributed by atoms with Gasteiger partial charge in [0.2, 0.25) is 11.8 Å². The van der Waals surface area contributed by atoms with Crippen LogP contribution in [0.15, 0.2) is 24.3 Å². The Kier molecular flexibility index (Phi) is 34.7. The third-order valence-corrected chi connectivity index (χ3v) is 10.6. The van der Waals surface area contributed by atoms with Crippen molar-refractivity contribution in [2.24, 2.45) is 21.7 Å². The first kappa shape index (κ1) is 67.9. The molecule has 0 aromatic rings. The van der Waals surface area contributed by atoms with Gasteiger partial charge in [-0.25, -0.2) is 4.79 Å². The number of esters is 3. The van der Waals surface area contributed by atoms with Gasteiger partial charge in [-0.1, -0.05) is 78.3 Å². The fraction of sp³-hybridized carbons (Fsp3) is 0.686. The van der Waals surface area contributed by atoms with E-state index >= 15 is 0 Å². The van der Waals surface area contributed by atoms with Crippen LogP contribution in [0.2, 0.25) is 19.6 Å². The van der Waals surface area contributed by atoms with E-state index in [1.54, 1.807) is 76.2 Å². The molecule has 5 N–H and O–H groups in total. The van der Waals surface area contributed by atoms with Gasteiger partial charge in [0.25, 0.3) is 0 Å². The molecule has 0 rings (SSSR count). The molecule has 5 atom stereocenters. The molecule has 0 aromatic heterocycles. The summed E-state index contributed by atoms with van der Waals surface area (Å²) in [6.45, 7) is 38.3. The quantitative estimate of drug-likeness (QED) is 0.0254. The Morgan fingerprint density at radius 2 is 1.06 bits per heavy atom. The van der Waals surface area contributed by atoms with E-state index in [0.29, 0.717) is 49.7 Å². The van der Waals surface area contributed by atoms with E-state index in [0.717, 1.165) is 0 Å². The van der Waals surface area contributed by atoms with Crippen LogP contribution in [0.5, 0.6) is 0 Å². The van der Waals surface area contributed by atoms with Gasteiger partial charge in [0.1, 0.15) is 8.07 Å². The van der Waals surface area contributed by atoms with E-state index in [9.17, 15) is 39.0 Å². The molecular weight excluding hydrogens is 861 g/mol. The van der Waals surface area contributed by atoms with E-state index in [-0.39, 0.29) is 68.6 Å². The molecule has 14 nitrogen and oxygen atoms in total. The second-order valence-electron chi connectivity index (χ2n) is 19.4. The van der Waals surface area contributed by atoms with Gasteiger partial charge in [-0.2, -0.15) is 0 Å². The van der Waals surface area contributed by atoms with Crippen molar-refractivity contribution in [2.45, 2.75) is 173 Å². The summed E-state index contributed by atoms with van der Waals surface area (Å²) in [5, 5.41) is 32.8. The maximum Gasteiger partial charge on any atom is 0.334 e. The highest BCUT2D eigenvalue weighted by Crippen LogP contribution is 2.39. The molecule has 0 radical (unpaired) electrons. The van der Waals surface area contributed by atoms with Crippen LogP contribution in [0.3, 0.4) is 0 Å². The first-order valence-corrected chi connectivity index (χ1v) is 25.8. The lowest BCUT2D eigenvalue weighted by molar-refractivity contribution is -0.156. The standard InChI is InChI=1S/C17H29NO4.C16H27NO4.C10H16O2Si.C8H14O2/c1-7-9-10-22-15(21)16(4,5)12-17(6,8-2)14(20)18-11-13(3)19;1-7-9-21-14(20)15(4,5)11-16(6,8-2)13(19)17-10-12(3)18;1-9(2)10(11)12-7-6-8-13(3,4)5;1-6(2)8(10)5-4-7(3)9/h13,19H,8,10-12H2,1-6H3,(H,18,20);1,12,18H,8-11H2,2-6H3,(H,17,19);1,7H2,2-5H3;7,9H,1,4-5H2,2-3H3. The predicted octanol–water partition coefficient (Wildman–Crippen LogP) is 6.65. The van der Waals surface area contributed by atoms with Crippen LogP contribution in [0.25, 0.3) is 0 Å². The average molecular weight is 947 g/mol. The lowest BCUT2D eigenvalue weighted by atomic mass is 9.71. The number of rotatable bonds is 22. The summed E-state index contributed by atoms with van der Waals surface area (Å²) in [6.07, 6.45) is 6.28. The summed E-state index contributed by atoms with van der Waals surface area (Å²) in [7, 11) is -1.33. The molecule has 2 amide bonds. The fourth-order valence-electron chi connectivity index (χ4n) is 5.49. The zero-order valence-corrected chi connectivity index (χ0v) is 44.5. The minimum absolute atomic E-state index is 0.0425. The summed E-state index contributed by atoms with van der Waals surface area (Å²) < 4.78 is 14.9. The number of carbonyl (C=O) groups is 6. The molecule has 5 unspecified atom stereocenters. The van der Waals surface area contributed by atoms with E-state index < -0.39 is 47.9 Å². The molecule has 66 heavy (non-hydrogen) atoms. The predicted molar refractivity (Wildman–Crippen MR) is 265 cm³/mol. The average Bonchev–Trinajstić information content (AvgIpc) is 3.21. The zero-order chi connectivity index (χ0) is 52.7. The summed E-state index contributed by atoms with van der Waals surface area (Å²) in [5.74, 6) is 9.00. The van der Waals surface area contributed by atoms with Gasteiger partial charge in [-0.3, -0.25) is 24.0 Å². The van der Waals surface area contributed by atoms with Crippen LogP contribution in [0, 0.1) is 57.3 Å². The van der Waals surface area contributed by atoms with Gasteiger partial charge in [0, 0.05) is 35.9 Å². The number of Topliss-reactive ketones (excluding diaryl/α,β-unsaturated/α-hetero) is 1. The largest absolute Gasteiger partial charge is 0.452 e. The number of nitrogens with one attached hydrogen (secondary N) is 2. The molecule has 0 saturated carbocycles. The van der Waals surface area contributed by atoms with Gasteiger partial charge in [0.05, 0.1) is 29.1 Å². The van der Waals surface area contributed by atoms with Crippen molar-refractivity contribution in [3.63, 3.8) is 0 Å². The van der Waals surface area contributed by atoms with E-state index in [1.807, 2.05) is 20.8 Å². The molecule has 0 aliphatic carbocycles. The first-order chi connectivity index (χ1) is 30.0. The molecule has 376 valence electrons. The lowest BCUT2D eigenvalue weighted by Crippen LogP contribution is -2.45. The summed E-state index contributed by atoms with van der Waals surface area (Å²) in [6, 6.07) is 0. The lowest BCUT2D eigenvalue weighted by Gasteiger charge is -2.34. The molecule has 0 heterocycles. The molecule has 15 heteroatoms. The van der Waals surface area contributed by atoms with Gasteiger partial charge in [-0.15, -0.1) is 17.9 Å². The third kappa shape index (κ3) is 33.7. The number of ketones is 1. The van der Waals surface area contributed by atoms with Crippen molar-refractivity contribution in [1.29, 1.82) is 0 Å². The minimum atomic E-state index is -1.33. The summed E-state index contributed by atoms with van der Waals surface area (Å²) >= 11 is 0. The molecular formula is C51H86N2O12Si. The Morgan fingerprint density at radius 3 is 1.36 bits per heavy atom. The van der Waals surface area contributed by atoms with Crippen LogP contribution in [0.4, 0.5) is 0 Å². The number of aliphatic hydroxyl groups is 3. The van der Waals surface area contributed by atoms with Crippen molar-refractivity contribution in [3.05, 3.63) is 24.3 Å². The van der Waals surface area contributed by atoms with E-state index in [4.69, 9.17) is 25.7 Å². The Morgan fingerprint density at radius 1 is 0.667 bits per heavy atom. The van der Waals surface area contributed by atoms with Gasteiger partial charge < -0.3 is 40.2 Å². The molecule has 0 bridgehead atoms. The monoisotopic (exact) mass is 947 g/mol. The van der Waals surface area contributed by atoms with E-state index in [1.165, 1.54) is 0 Å². The van der Waals surface area contributed by atoms with Crippen LogP contribution in [-0.4, -0.2) is 110 Å². The Balaban J connectivity index is -0.000000406. The molecule has 0 saturated heterocycles. The van der Waals surface area contributed by atoms with Crippen molar-refractivity contribution in [1.82, 2.24) is 10.6 Å². The van der Waals surface area contributed by atoms with Crippen LogP contribution in [-0.2, 0) is 43.0 Å². The molecule has 0 aliphatic rings. The summed E-state index contributed by atoms with van der Waals surface area (Å²) in [4.78, 5) is 70.6. The van der Waals surface area contributed by atoms with E-state index in [2.05, 4.69) is 72.7 Å². The Bertz CT molecular complexity index is 1750. The van der Waals surface area contributed by atoms with Crippen molar-refractivity contribution in [2.75, 3.05) is 32.9 Å². The normalized spacial score (nSPS) is 13.8. The number of hydrogen-bond donors (Lipinski definition) is 5. The second-order valence-corrected chi connectivity index (χ2v) is 24.1. The topological polar surface area (TPSA) is 215 Å². The van der Waals surface area contributed by atoms with Gasteiger partial charge in [-0.05, 0) is 107 Å². The highest BCUT2D eigenvalue weighted by atomic mass is 28.3. The van der Waals surface area contributed by atoms with Gasteiger partial charge >= 0.3 is 17.9 Å². The number of carbonyl (C=O) groups excluding carboxylic acids is 6. The second kappa shape index (κ2) is 33.7. The number of terminal acetylenes is 1. The molecule has 0 aromatic carbocycles. The highest BCUT2D eigenvalue weighted by Gasteiger charge is 2.43. The fourth-order valence-corrected chi connectivity index (χ4v) is 6.09. The minimum Gasteiger partial charge on any atom is -0.452 e. The molecule has 0 fully saturated rings. The SMILES string of the molecule is C#CCOC(=O)C(C)(C)CC(C)(CC)C(=O)NCC(C)O.C=C(C)C(=O)CCC(C)O.C=C(C)C(=O)OCC#C[Si](C)(C)C.CC#CCOC(=O)C(C)(C)CC(C)(CC)C(=O)NCC(C)O. The van der Waals surface area contributed by atoms with Gasteiger partial charge in [0.15, 0.2) is 25.6 Å². The maximum absolute atomic E-state index is 12.4. The number of hydrogen-bond acceptors (Lipinski definition) is 12. The van der Waals surface area contributed by atoms with Crippen LogP contribution < -0.4 is 10.6 Å². The molecule has 0 aliphatic heterocycles. The smallest absolute Gasteiger partial charge is 0.334 e. The third-order valence-electron chi connectivity index (χ3n) is 9.63. The summed E-state index contributed by atoms with van der Waals surface area (Å²) in [5.41, 5.74) is 1.06. The number of ether oxygens (including phenoxy) is 3. The number of allylic oxidation sites excluding steroid dienone is 1. The van der Waals surface area contributed by atoms with Crippen LogP contribution in [0.1, 0.15) is 135 Å². The Labute approximate surface area is 399 Å².